The smallest absolute Gasteiger partial charge is 0.314 e. The van der Waals surface area contributed by atoms with Crippen molar-refractivity contribution in [2.45, 2.75) is 24.8 Å². The summed E-state index contributed by atoms with van der Waals surface area (Å²) in [6, 6.07) is 8.06. The molecule has 0 radical (unpaired) electrons. The van der Waals surface area contributed by atoms with E-state index in [0.29, 0.717) is 5.56 Å². The number of aliphatic hydroxyl groups is 1. The summed E-state index contributed by atoms with van der Waals surface area (Å²) in [5.41, 5.74) is -0.766. The molecule has 0 aliphatic heterocycles. The zero-order valence-corrected chi connectivity index (χ0v) is 12.2. The Morgan fingerprint density at radius 3 is 2.43 bits per heavy atom. The number of carbonyl (C=O) groups excluding carboxylic acids is 1. The SMILES string of the molecule is COCC(CO)NC(=O)CC(C)(C(=O)O)c1ccccc1. The van der Waals surface area contributed by atoms with Crippen molar-refractivity contribution in [3.05, 3.63) is 35.9 Å². The first kappa shape index (κ1) is 17.1. The van der Waals surface area contributed by atoms with Gasteiger partial charge in [0.1, 0.15) is 0 Å². The molecule has 1 aromatic carbocycles. The number of carboxylic acids is 1. The van der Waals surface area contributed by atoms with Gasteiger partial charge in [0.25, 0.3) is 0 Å². The minimum Gasteiger partial charge on any atom is -0.481 e. The zero-order chi connectivity index (χ0) is 15.9. The van der Waals surface area contributed by atoms with Gasteiger partial charge < -0.3 is 20.3 Å². The van der Waals surface area contributed by atoms with Crippen LogP contribution in [-0.4, -0.2) is 48.5 Å². The monoisotopic (exact) mass is 295 g/mol. The molecule has 1 amide bonds. The van der Waals surface area contributed by atoms with Crippen molar-refractivity contribution in [2.75, 3.05) is 20.3 Å². The van der Waals surface area contributed by atoms with E-state index in [9.17, 15) is 14.7 Å². The number of amides is 1. The summed E-state index contributed by atoms with van der Waals surface area (Å²) in [6.07, 6.45) is -0.216. The standard InChI is InChI=1S/C15H21NO5/c1-15(14(19)20,11-6-4-3-5-7-11)8-13(18)16-12(9-17)10-21-2/h3-7,12,17H,8-10H2,1-2H3,(H,16,18)(H,19,20). The Balaban J connectivity index is 2.84. The van der Waals surface area contributed by atoms with Gasteiger partial charge in [-0.2, -0.15) is 0 Å². The van der Waals surface area contributed by atoms with Crippen LogP contribution in [0.1, 0.15) is 18.9 Å². The number of methoxy groups -OCH3 is 1. The molecule has 0 saturated heterocycles. The van der Waals surface area contributed by atoms with Crippen LogP contribution in [0.25, 0.3) is 0 Å². The summed E-state index contributed by atoms with van der Waals surface area (Å²) in [4.78, 5) is 23.6. The Hall–Kier alpha value is -1.92. The van der Waals surface area contributed by atoms with Gasteiger partial charge in [0.2, 0.25) is 5.91 Å². The Bertz CT molecular complexity index is 476. The fourth-order valence-electron chi connectivity index (χ4n) is 2.05. The minimum atomic E-state index is -1.32. The second kappa shape index (κ2) is 7.75. The fourth-order valence-corrected chi connectivity index (χ4v) is 2.05. The first-order valence-electron chi connectivity index (χ1n) is 6.62. The molecule has 0 aliphatic rings. The lowest BCUT2D eigenvalue weighted by atomic mass is 9.79. The van der Waals surface area contributed by atoms with Gasteiger partial charge >= 0.3 is 5.97 Å². The maximum Gasteiger partial charge on any atom is 0.314 e. The Morgan fingerprint density at radius 1 is 1.33 bits per heavy atom. The van der Waals surface area contributed by atoms with E-state index in [4.69, 9.17) is 9.84 Å². The molecule has 2 unspecified atom stereocenters. The molecule has 0 bridgehead atoms. The maximum absolute atomic E-state index is 12.0. The second-order valence-electron chi connectivity index (χ2n) is 5.08. The molecule has 0 spiro atoms. The van der Waals surface area contributed by atoms with Crippen molar-refractivity contribution in [1.82, 2.24) is 5.32 Å². The number of aliphatic carboxylic acids is 1. The number of carbonyl (C=O) groups is 2. The number of rotatable bonds is 8. The van der Waals surface area contributed by atoms with E-state index in [-0.39, 0.29) is 19.6 Å². The highest BCUT2D eigenvalue weighted by molar-refractivity contribution is 5.89. The summed E-state index contributed by atoms with van der Waals surface area (Å²) in [7, 11) is 1.46. The highest BCUT2D eigenvalue weighted by Gasteiger charge is 2.37. The van der Waals surface area contributed by atoms with Crippen LogP contribution < -0.4 is 5.32 Å². The van der Waals surface area contributed by atoms with Crippen LogP contribution in [0.3, 0.4) is 0 Å². The molecule has 0 saturated carbocycles. The summed E-state index contributed by atoms with van der Waals surface area (Å²) in [5, 5.41) is 21.2. The molecular formula is C15H21NO5. The lowest BCUT2D eigenvalue weighted by Crippen LogP contribution is -2.45. The van der Waals surface area contributed by atoms with E-state index < -0.39 is 23.3 Å². The van der Waals surface area contributed by atoms with Crippen molar-refractivity contribution in [2.24, 2.45) is 0 Å². The number of ether oxygens (including phenoxy) is 1. The van der Waals surface area contributed by atoms with E-state index in [0.717, 1.165) is 0 Å². The predicted octanol–water partition coefficient (Wildman–Crippen LogP) is 0.543. The summed E-state index contributed by atoms with van der Waals surface area (Å²) in [5.74, 6) is -1.52. The lowest BCUT2D eigenvalue weighted by molar-refractivity contribution is -0.145. The number of carboxylic acid groups (broad SMARTS) is 1. The fraction of sp³-hybridized carbons (Fsp3) is 0.467. The third-order valence-electron chi connectivity index (χ3n) is 3.35. The highest BCUT2D eigenvalue weighted by atomic mass is 16.5. The van der Waals surface area contributed by atoms with Gasteiger partial charge in [-0.05, 0) is 12.5 Å². The minimum absolute atomic E-state index is 0.164. The Kier molecular flexibility index (Phi) is 6.33. The van der Waals surface area contributed by atoms with Crippen molar-refractivity contribution in [1.29, 1.82) is 0 Å². The van der Waals surface area contributed by atoms with Crippen LogP contribution in [-0.2, 0) is 19.7 Å². The van der Waals surface area contributed by atoms with E-state index >= 15 is 0 Å². The lowest BCUT2D eigenvalue weighted by Gasteiger charge is -2.26. The van der Waals surface area contributed by atoms with Crippen LogP contribution in [0.15, 0.2) is 30.3 Å². The second-order valence-corrected chi connectivity index (χ2v) is 5.08. The van der Waals surface area contributed by atoms with Gasteiger partial charge in [-0.15, -0.1) is 0 Å². The zero-order valence-electron chi connectivity index (χ0n) is 12.2. The molecule has 6 heteroatoms. The quantitative estimate of drug-likeness (QED) is 0.650. The van der Waals surface area contributed by atoms with Gasteiger partial charge in [-0.25, -0.2) is 0 Å². The molecule has 1 rings (SSSR count). The molecule has 0 heterocycles. The van der Waals surface area contributed by atoms with Gasteiger partial charge in [0.05, 0.1) is 24.7 Å². The number of nitrogens with one attached hydrogen (secondary N) is 1. The van der Waals surface area contributed by atoms with Crippen LogP contribution in [0, 0.1) is 0 Å². The Morgan fingerprint density at radius 2 is 1.95 bits per heavy atom. The molecule has 0 fully saturated rings. The van der Waals surface area contributed by atoms with Crippen LogP contribution in [0.5, 0.6) is 0 Å². The summed E-state index contributed by atoms with van der Waals surface area (Å²) < 4.78 is 4.87. The number of benzene rings is 1. The molecular weight excluding hydrogens is 274 g/mol. The average Bonchev–Trinajstić information content (AvgIpc) is 2.47. The molecule has 3 N–H and O–H groups in total. The normalized spacial score (nSPS) is 15.0. The molecule has 0 aliphatic carbocycles. The summed E-state index contributed by atoms with van der Waals surface area (Å²) >= 11 is 0. The maximum atomic E-state index is 12.0. The van der Waals surface area contributed by atoms with Gasteiger partial charge in [0.15, 0.2) is 0 Å². The Labute approximate surface area is 123 Å². The van der Waals surface area contributed by atoms with E-state index in [1.165, 1.54) is 14.0 Å². The first-order valence-corrected chi connectivity index (χ1v) is 6.62. The number of hydrogen-bond acceptors (Lipinski definition) is 4. The first-order chi connectivity index (χ1) is 9.93. The van der Waals surface area contributed by atoms with Crippen molar-refractivity contribution < 1.29 is 24.5 Å². The molecule has 0 aromatic heterocycles. The average molecular weight is 295 g/mol. The van der Waals surface area contributed by atoms with Crippen LogP contribution >= 0.6 is 0 Å². The van der Waals surface area contributed by atoms with Gasteiger partial charge in [0, 0.05) is 13.5 Å². The molecule has 1 aromatic rings. The topological polar surface area (TPSA) is 95.9 Å². The summed E-state index contributed by atoms with van der Waals surface area (Å²) in [6.45, 7) is 1.40. The van der Waals surface area contributed by atoms with Crippen molar-refractivity contribution >= 4 is 11.9 Å². The van der Waals surface area contributed by atoms with Gasteiger partial charge in [-0.1, -0.05) is 30.3 Å². The predicted molar refractivity (Wildman–Crippen MR) is 76.9 cm³/mol. The molecule has 21 heavy (non-hydrogen) atoms. The number of aliphatic hydroxyl groups excluding tert-OH is 1. The number of hydrogen-bond donors (Lipinski definition) is 3. The molecule has 2 atom stereocenters. The molecule has 116 valence electrons. The largest absolute Gasteiger partial charge is 0.481 e. The highest BCUT2D eigenvalue weighted by Crippen LogP contribution is 2.28. The third kappa shape index (κ3) is 4.54. The van der Waals surface area contributed by atoms with Crippen molar-refractivity contribution in [3.63, 3.8) is 0 Å². The van der Waals surface area contributed by atoms with Crippen molar-refractivity contribution in [3.8, 4) is 0 Å². The van der Waals surface area contributed by atoms with E-state index in [1.807, 2.05) is 0 Å². The van der Waals surface area contributed by atoms with Crippen LogP contribution in [0.2, 0.25) is 0 Å². The van der Waals surface area contributed by atoms with E-state index in [2.05, 4.69) is 5.32 Å². The van der Waals surface area contributed by atoms with Crippen LogP contribution in [0.4, 0.5) is 0 Å². The van der Waals surface area contributed by atoms with Gasteiger partial charge in [-0.3, -0.25) is 9.59 Å². The third-order valence-corrected chi connectivity index (χ3v) is 3.35. The van der Waals surface area contributed by atoms with E-state index in [1.54, 1.807) is 30.3 Å². The molecule has 6 nitrogen and oxygen atoms in total.